The fourth-order valence-electron chi connectivity index (χ4n) is 4.26. The van der Waals surface area contributed by atoms with Gasteiger partial charge in [0.1, 0.15) is 0 Å². The first-order valence-electron chi connectivity index (χ1n) is 9.91. The molecule has 1 aliphatic heterocycles. The van der Waals surface area contributed by atoms with Gasteiger partial charge in [0, 0.05) is 22.1 Å². The number of aryl methyl sites for hydroxylation is 2. The zero-order valence-corrected chi connectivity index (χ0v) is 19.3. The van der Waals surface area contributed by atoms with Crippen LogP contribution < -0.4 is 4.90 Å². The van der Waals surface area contributed by atoms with Crippen molar-refractivity contribution in [2.75, 3.05) is 19.1 Å². The van der Waals surface area contributed by atoms with Crippen LogP contribution in [0.15, 0.2) is 65.0 Å². The van der Waals surface area contributed by atoms with Crippen molar-refractivity contribution < 1.29 is 19.1 Å². The van der Waals surface area contributed by atoms with Gasteiger partial charge in [-0.15, -0.1) is 0 Å². The predicted molar refractivity (Wildman–Crippen MR) is 122 cm³/mol. The van der Waals surface area contributed by atoms with Crippen LogP contribution in [0.5, 0.6) is 0 Å². The van der Waals surface area contributed by atoms with Crippen LogP contribution in [-0.2, 0) is 19.1 Å². The molecule has 0 N–H and O–H groups in total. The second-order valence-corrected chi connectivity index (χ2v) is 8.08. The highest BCUT2D eigenvalue weighted by Gasteiger charge is 2.40. The van der Waals surface area contributed by atoms with Crippen LogP contribution >= 0.6 is 11.6 Å². The lowest BCUT2D eigenvalue weighted by atomic mass is 9.79. The second kappa shape index (κ2) is 8.98. The quantitative estimate of drug-likeness (QED) is 0.592. The molecule has 0 atom stereocenters. The first-order valence-corrected chi connectivity index (χ1v) is 10.3. The molecule has 1 aliphatic rings. The monoisotopic (exact) mass is 439 g/mol. The van der Waals surface area contributed by atoms with Crippen molar-refractivity contribution >= 4 is 29.2 Å². The molecule has 0 aliphatic carbocycles. The average Bonchev–Trinajstić information content (AvgIpc) is 2.72. The summed E-state index contributed by atoms with van der Waals surface area (Å²) in [5.41, 5.74) is 5.94. The van der Waals surface area contributed by atoms with E-state index in [0.29, 0.717) is 27.6 Å². The molecule has 2 aromatic rings. The van der Waals surface area contributed by atoms with Gasteiger partial charge in [0.2, 0.25) is 0 Å². The number of benzene rings is 2. The molecule has 0 aromatic heterocycles. The molecule has 3 rings (SSSR count). The standard InChI is InChI=1S/C25H26ClNO4/c1-14-11-15(2)13-20(12-14)27-16(3)21(24(28)30-5)23(18-7-9-19(26)10-8-18)22(17(27)4)25(29)31-6/h7-13,23H,1-6H3. The number of carbonyl (C=O) groups excluding carboxylic acids is 2. The number of methoxy groups -OCH3 is 2. The molecule has 162 valence electrons. The summed E-state index contributed by atoms with van der Waals surface area (Å²) in [6.07, 6.45) is 0. The summed E-state index contributed by atoms with van der Waals surface area (Å²) in [6.45, 7) is 7.75. The summed E-state index contributed by atoms with van der Waals surface area (Å²) in [6, 6.07) is 13.2. The largest absolute Gasteiger partial charge is 0.466 e. The number of nitrogens with zero attached hydrogens (tertiary/aromatic N) is 1. The highest BCUT2D eigenvalue weighted by molar-refractivity contribution is 6.30. The van der Waals surface area contributed by atoms with E-state index in [-0.39, 0.29) is 0 Å². The molecule has 0 saturated heterocycles. The first-order chi connectivity index (χ1) is 14.7. The van der Waals surface area contributed by atoms with Crippen LogP contribution in [0, 0.1) is 13.8 Å². The summed E-state index contributed by atoms with van der Waals surface area (Å²) in [5.74, 6) is -1.64. The van der Waals surface area contributed by atoms with Crippen molar-refractivity contribution in [2.24, 2.45) is 0 Å². The van der Waals surface area contributed by atoms with Gasteiger partial charge in [-0.1, -0.05) is 29.8 Å². The van der Waals surface area contributed by atoms with Gasteiger partial charge in [-0.3, -0.25) is 0 Å². The number of allylic oxidation sites excluding steroid dienone is 2. The van der Waals surface area contributed by atoms with E-state index in [1.54, 1.807) is 12.1 Å². The molecule has 0 spiro atoms. The summed E-state index contributed by atoms with van der Waals surface area (Å²) in [7, 11) is 2.68. The molecule has 1 heterocycles. The minimum Gasteiger partial charge on any atom is -0.466 e. The number of halogens is 1. The van der Waals surface area contributed by atoms with Gasteiger partial charge in [0.15, 0.2) is 0 Å². The van der Waals surface area contributed by atoms with Crippen LogP contribution in [0.25, 0.3) is 0 Å². The number of carbonyl (C=O) groups is 2. The first kappa shape index (κ1) is 22.6. The number of ether oxygens (including phenoxy) is 2. The van der Waals surface area contributed by atoms with Crippen LogP contribution in [0.4, 0.5) is 5.69 Å². The normalized spacial score (nSPS) is 14.7. The van der Waals surface area contributed by atoms with E-state index in [1.807, 2.05) is 56.9 Å². The highest BCUT2D eigenvalue weighted by Crippen LogP contribution is 2.44. The van der Waals surface area contributed by atoms with E-state index in [2.05, 4.69) is 6.07 Å². The molecule has 0 unspecified atom stereocenters. The van der Waals surface area contributed by atoms with Gasteiger partial charge in [0.25, 0.3) is 0 Å². The Morgan fingerprint density at radius 1 is 0.806 bits per heavy atom. The van der Waals surface area contributed by atoms with Gasteiger partial charge in [-0.05, 0) is 68.7 Å². The van der Waals surface area contributed by atoms with Gasteiger partial charge >= 0.3 is 11.9 Å². The molecule has 0 saturated carbocycles. The number of esters is 2. The number of hydrogen-bond acceptors (Lipinski definition) is 5. The van der Waals surface area contributed by atoms with Gasteiger partial charge < -0.3 is 14.4 Å². The van der Waals surface area contributed by atoms with Crippen molar-refractivity contribution in [2.45, 2.75) is 33.6 Å². The van der Waals surface area contributed by atoms with E-state index in [0.717, 1.165) is 22.4 Å². The maximum Gasteiger partial charge on any atom is 0.336 e. The summed E-state index contributed by atoms with van der Waals surface area (Å²) in [5, 5.41) is 0.567. The average molecular weight is 440 g/mol. The molecule has 2 aromatic carbocycles. The Labute approximate surface area is 187 Å². The van der Waals surface area contributed by atoms with E-state index in [1.165, 1.54) is 14.2 Å². The van der Waals surface area contributed by atoms with Crippen LogP contribution in [-0.4, -0.2) is 26.2 Å². The molecule has 5 nitrogen and oxygen atoms in total. The molecule has 31 heavy (non-hydrogen) atoms. The molecule has 6 heteroatoms. The zero-order chi connectivity index (χ0) is 22.9. The Bertz CT molecular complexity index is 1040. The Hall–Kier alpha value is -3.05. The fourth-order valence-corrected chi connectivity index (χ4v) is 4.39. The highest BCUT2D eigenvalue weighted by atomic mass is 35.5. The molecular weight excluding hydrogens is 414 g/mol. The van der Waals surface area contributed by atoms with Crippen molar-refractivity contribution in [3.05, 3.63) is 86.7 Å². The lowest BCUT2D eigenvalue weighted by molar-refractivity contribution is -0.137. The summed E-state index contributed by atoms with van der Waals surface area (Å²) < 4.78 is 10.3. The number of rotatable bonds is 4. The third-order valence-corrected chi connectivity index (χ3v) is 5.76. The fraction of sp³-hybridized carbons (Fsp3) is 0.280. The third-order valence-electron chi connectivity index (χ3n) is 5.51. The van der Waals surface area contributed by atoms with Crippen LogP contribution in [0.1, 0.15) is 36.5 Å². The minimum absolute atomic E-state index is 0.384. The topological polar surface area (TPSA) is 55.8 Å². The summed E-state index contributed by atoms with van der Waals surface area (Å²) in [4.78, 5) is 27.9. The van der Waals surface area contributed by atoms with Crippen molar-refractivity contribution in [1.29, 1.82) is 0 Å². The molecule has 0 radical (unpaired) electrons. The van der Waals surface area contributed by atoms with Crippen molar-refractivity contribution in [3.63, 3.8) is 0 Å². The second-order valence-electron chi connectivity index (χ2n) is 7.65. The van der Waals surface area contributed by atoms with Crippen LogP contribution in [0.3, 0.4) is 0 Å². The van der Waals surface area contributed by atoms with E-state index < -0.39 is 17.9 Å². The van der Waals surface area contributed by atoms with E-state index >= 15 is 0 Å². The smallest absolute Gasteiger partial charge is 0.336 e. The Balaban J connectivity index is 2.35. The van der Waals surface area contributed by atoms with Crippen molar-refractivity contribution in [1.82, 2.24) is 0 Å². The van der Waals surface area contributed by atoms with Crippen LogP contribution in [0.2, 0.25) is 5.02 Å². The predicted octanol–water partition coefficient (Wildman–Crippen LogP) is 5.45. The van der Waals surface area contributed by atoms with E-state index in [4.69, 9.17) is 21.1 Å². The van der Waals surface area contributed by atoms with Crippen molar-refractivity contribution in [3.8, 4) is 0 Å². The van der Waals surface area contributed by atoms with Gasteiger partial charge in [-0.2, -0.15) is 0 Å². The Morgan fingerprint density at radius 3 is 1.68 bits per heavy atom. The minimum atomic E-state index is -0.640. The maximum absolute atomic E-state index is 13.0. The molecule has 0 fully saturated rings. The maximum atomic E-state index is 13.0. The van der Waals surface area contributed by atoms with Gasteiger partial charge in [0.05, 0.1) is 31.3 Å². The molecule has 0 bridgehead atoms. The lowest BCUT2D eigenvalue weighted by Crippen LogP contribution is -2.35. The Morgan fingerprint density at radius 2 is 1.26 bits per heavy atom. The van der Waals surface area contributed by atoms with E-state index in [9.17, 15) is 9.59 Å². The lowest BCUT2D eigenvalue weighted by Gasteiger charge is -2.38. The Kier molecular flexibility index (Phi) is 6.56. The van der Waals surface area contributed by atoms with Gasteiger partial charge in [-0.25, -0.2) is 9.59 Å². The summed E-state index contributed by atoms with van der Waals surface area (Å²) >= 11 is 6.08. The molecule has 0 amide bonds. The zero-order valence-electron chi connectivity index (χ0n) is 18.6. The number of anilines is 1. The third kappa shape index (κ3) is 4.23. The SMILES string of the molecule is COC(=O)C1=C(C)N(c2cc(C)cc(C)c2)C(C)=C(C(=O)OC)C1c1ccc(Cl)cc1. The number of hydrogen-bond donors (Lipinski definition) is 0. The molecular formula is C25H26ClNO4.